The second-order valence-electron chi connectivity index (χ2n) is 3.05. The predicted molar refractivity (Wildman–Crippen MR) is 59.1 cm³/mol. The third-order valence-electron chi connectivity index (χ3n) is 2.01. The standard InChI is InChI=1S/C10H9BrFN3/c11-9-5-7(12)1-2-10(9)15-4-3-8(6-13)14-15/h1-5H,6,13H2. The van der Waals surface area contributed by atoms with Crippen molar-refractivity contribution in [1.29, 1.82) is 0 Å². The number of hydrogen-bond acceptors (Lipinski definition) is 2. The normalized spacial score (nSPS) is 10.6. The molecule has 0 amide bonds. The average Bonchev–Trinajstić information content (AvgIpc) is 2.66. The Labute approximate surface area is 94.8 Å². The molecular formula is C10H9BrFN3. The topological polar surface area (TPSA) is 43.8 Å². The molecule has 2 N–H and O–H groups in total. The molecule has 1 heterocycles. The van der Waals surface area contributed by atoms with Crippen LogP contribution in [0.5, 0.6) is 0 Å². The number of rotatable bonds is 2. The summed E-state index contributed by atoms with van der Waals surface area (Å²) in [6.07, 6.45) is 1.79. The summed E-state index contributed by atoms with van der Waals surface area (Å²) in [6.45, 7) is 0.395. The third kappa shape index (κ3) is 2.08. The van der Waals surface area contributed by atoms with E-state index in [-0.39, 0.29) is 5.82 Å². The van der Waals surface area contributed by atoms with Crippen LogP contribution < -0.4 is 5.73 Å². The van der Waals surface area contributed by atoms with Gasteiger partial charge in [0.25, 0.3) is 0 Å². The van der Waals surface area contributed by atoms with Gasteiger partial charge in [0.05, 0.1) is 11.4 Å². The van der Waals surface area contributed by atoms with Crippen LogP contribution in [-0.2, 0) is 6.54 Å². The van der Waals surface area contributed by atoms with Crippen LogP contribution in [0, 0.1) is 5.82 Å². The average molecular weight is 270 g/mol. The molecule has 0 saturated heterocycles. The van der Waals surface area contributed by atoms with Gasteiger partial charge in [-0.1, -0.05) is 0 Å². The molecule has 0 saturated carbocycles. The van der Waals surface area contributed by atoms with Crippen molar-refractivity contribution < 1.29 is 4.39 Å². The molecule has 0 atom stereocenters. The number of benzene rings is 1. The van der Waals surface area contributed by atoms with Gasteiger partial charge in [0.15, 0.2) is 0 Å². The number of nitrogens with two attached hydrogens (primary N) is 1. The molecule has 2 aromatic rings. The molecule has 0 unspecified atom stereocenters. The minimum atomic E-state index is -0.281. The monoisotopic (exact) mass is 269 g/mol. The Morgan fingerprint density at radius 1 is 1.40 bits per heavy atom. The minimum absolute atomic E-state index is 0.281. The fourth-order valence-corrected chi connectivity index (χ4v) is 1.80. The maximum Gasteiger partial charge on any atom is 0.124 e. The molecule has 1 aromatic heterocycles. The second-order valence-corrected chi connectivity index (χ2v) is 3.91. The highest BCUT2D eigenvalue weighted by Crippen LogP contribution is 2.21. The van der Waals surface area contributed by atoms with Gasteiger partial charge >= 0.3 is 0 Å². The Kier molecular flexibility index (Phi) is 2.83. The highest BCUT2D eigenvalue weighted by atomic mass is 79.9. The first-order valence-corrected chi connectivity index (χ1v) is 5.20. The van der Waals surface area contributed by atoms with Gasteiger partial charge in [-0.3, -0.25) is 0 Å². The fourth-order valence-electron chi connectivity index (χ4n) is 1.27. The molecule has 0 aliphatic carbocycles. The van der Waals surface area contributed by atoms with Crippen molar-refractivity contribution in [2.24, 2.45) is 5.73 Å². The lowest BCUT2D eigenvalue weighted by Gasteiger charge is -2.03. The van der Waals surface area contributed by atoms with E-state index in [1.165, 1.54) is 12.1 Å². The van der Waals surface area contributed by atoms with Gasteiger partial charge in [-0.15, -0.1) is 0 Å². The van der Waals surface area contributed by atoms with Crippen LogP contribution in [0.25, 0.3) is 5.69 Å². The molecule has 78 valence electrons. The first kappa shape index (κ1) is 10.3. The van der Waals surface area contributed by atoms with E-state index in [0.717, 1.165) is 11.4 Å². The highest BCUT2D eigenvalue weighted by molar-refractivity contribution is 9.10. The van der Waals surface area contributed by atoms with Crippen LogP contribution >= 0.6 is 15.9 Å². The number of hydrogen-bond donors (Lipinski definition) is 1. The van der Waals surface area contributed by atoms with Gasteiger partial charge < -0.3 is 5.73 Å². The smallest absolute Gasteiger partial charge is 0.124 e. The van der Waals surface area contributed by atoms with Gasteiger partial charge in [0.2, 0.25) is 0 Å². The highest BCUT2D eigenvalue weighted by Gasteiger charge is 2.05. The predicted octanol–water partition coefficient (Wildman–Crippen LogP) is 2.23. The van der Waals surface area contributed by atoms with Gasteiger partial charge in [-0.2, -0.15) is 5.10 Å². The van der Waals surface area contributed by atoms with Crippen molar-refractivity contribution in [2.75, 3.05) is 0 Å². The van der Waals surface area contributed by atoms with E-state index in [2.05, 4.69) is 21.0 Å². The van der Waals surface area contributed by atoms with Gasteiger partial charge in [0, 0.05) is 17.2 Å². The molecule has 0 radical (unpaired) electrons. The molecule has 0 aliphatic rings. The summed E-state index contributed by atoms with van der Waals surface area (Å²) in [6, 6.07) is 6.28. The van der Waals surface area contributed by atoms with Gasteiger partial charge in [-0.25, -0.2) is 9.07 Å². The molecule has 5 heteroatoms. The van der Waals surface area contributed by atoms with E-state index in [1.54, 1.807) is 16.9 Å². The molecule has 0 bridgehead atoms. The SMILES string of the molecule is NCc1ccn(-c2ccc(F)cc2Br)n1. The first-order chi connectivity index (χ1) is 7.20. The Balaban J connectivity index is 2.44. The van der Waals surface area contributed by atoms with Crippen LogP contribution in [-0.4, -0.2) is 9.78 Å². The molecule has 15 heavy (non-hydrogen) atoms. The lowest BCUT2D eigenvalue weighted by molar-refractivity contribution is 0.626. The zero-order valence-electron chi connectivity index (χ0n) is 7.82. The van der Waals surface area contributed by atoms with Crippen molar-refractivity contribution in [3.63, 3.8) is 0 Å². The Hall–Kier alpha value is -1.20. The van der Waals surface area contributed by atoms with Crippen LogP contribution in [0.4, 0.5) is 4.39 Å². The van der Waals surface area contributed by atoms with Crippen molar-refractivity contribution in [3.8, 4) is 5.69 Å². The zero-order chi connectivity index (χ0) is 10.8. The van der Waals surface area contributed by atoms with Crippen molar-refractivity contribution in [1.82, 2.24) is 9.78 Å². The Bertz CT molecular complexity index is 481. The summed E-state index contributed by atoms with van der Waals surface area (Å²) in [7, 11) is 0. The molecule has 0 spiro atoms. The summed E-state index contributed by atoms with van der Waals surface area (Å²) in [5.41, 5.74) is 7.04. The zero-order valence-corrected chi connectivity index (χ0v) is 9.41. The van der Waals surface area contributed by atoms with Crippen molar-refractivity contribution in [3.05, 3.63) is 46.4 Å². The first-order valence-electron chi connectivity index (χ1n) is 4.41. The largest absolute Gasteiger partial charge is 0.325 e. The minimum Gasteiger partial charge on any atom is -0.325 e. The van der Waals surface area contributed by atoms with Crippen LogP contribution in [0.15, 0.2) is 34.9 Å². The quantitative estimate of drug-likeness (QED) is 0.909. The molecular weight excluding hydrogens is 261 g/mol. The van der Waals surface area contributed by atoms with E-state index in [9.17, 15) is 4.39 Å². The van der Waals surface area contributed by atoms with E-state index in [1.807, 2.05) is 6.07 Å². The third-order valence-corrected chi connectivity index (χ3v) is 2.65. The molecule has 2 rings (SSSR count). The molecule has 0 aliphatic heterocycles. The number of aromatic nitrogens is 2. The van der Waals surface area contributed by atoms with Gasteiger partial charge in [0.1, 0.15) is 5.82 Å². The van der Waals surface area contributed by atoms with E-state index in [4.69, 9.17) is 5.73 Å². The molecule has 3 nitrogen and oxygen atoms in total. The lowest BCUT2D eigenvalue weighted by atomic mass is 10.3. The number of nitrogens with zero attached hydrogens (tertiary/aromatic N) is 2. The fraction of sp³-hybridized carbons (Fsp3) is 0.100. The van der Waals surface area contributed by atoms with E-state index < -0.39 is 0 Å². The van der Waals surface area contributed by atoms with Crippen molar-refractivity contribution >= 4 is 15.9 Å². The lowest BCUT2D eigenvalue weighted by Crippen LogP contribution is -2.01. The van der Waals surface area contributed by atoms with Gasteiger partial charge in [-0.05, 0) is 40.2 Å². The molecule has 1 aromatic carbocycles. The van der Waals surface area contributed by atoms with Crippen LogP contribution in [0.1, 0.15) is 5.69 Å². The summed E-state index contributed by atoms with van der Waals surface area (Å²) in [5, 5.41) is 4.23. The second kappa shape index (κ2) is 4.12. The van der Waals surface area contributed by atoms with Crippen LogP contribution in [0.3, 0.4) is 0 Å². The maximum absolute atomic E-state index is 12.9. The van der Waals surface area contributed by atoms with E-state index in [0.29, 0.717) is 11.0 Å². The van der Waals surface area contributed by atoms with Crippen molar-refractivity contribution in [2.45, 2.75) is 6.54 Å². The number of halogens is 2. The summed E-state index contributed by atoms with van der Waals surface area (Å²) < 4.78 is 15.2. The Morgan fingerprint density at radius 3 is 2.80 bits per heavy atom. The maximum atomic E-state index is 12.9. The summed E-state index contributed by atoms with van der Waals surface area (Å²) in [4.78, 5) is 0. The van der Waals surface area contributed by atoms with E-state index >= 15 is 0 Å². The van der Waals surface area contributed by atoms with Crippen LogP contribution in [0.2, 0.25) is 0 Å². The summed E-state index contributed by atoms with van der Waals surface area (Å²) >= 11 is 3.28. The summed E-state index contributed by atoms with van der Waals surface area (Å²) in [5.74, 6) is -0.281. The Morgan fingerprint density at radius 2 is 2.20 bits per heavy atom. The molecule has 0 fully saturated rings.